The number of esters is 1. The fourth-order valence-corrected chi connectivity index (χ4v) is 1.05. The Morgan fingerprint density at radius 2 is 1.80 bits per heavy atom. The maximum absolute atomic E-state index is 11.2. The zero-order valence-corrected chi connectivity index (χ0v) is 8.10. The molecule has 1 rings (SSSR count). The lowest BCUT2D eigenvalue weighted by atomic mass is 10.1. The highest BCUT2D eigenvalue weighted by atomic mass is 16.5. The van der Waals surface area contributed by atoms with E-state index >= 15 is 0 Å². The van der Waals surface area contributed by atoms with Crippen molar-refractivity contribution in [2.45, 2.75) is 0 Å². The Bertz CT molecular complexity index is 381. The molecule has 0 fully saturated rings. The maximum atomic E-state index is 11.2. The van der Waals surface area contributed by atoms with E-state index in [0.717, 1.165) is 0 Å². The fraction of sp³-hybridized carbons (Fsp3) is 0.0909. The number of ether oxygens (including phenoxy) is 1. The number of rotatable bonds is 4. The maximum Gasteiger partial charge on any atom is 0.339 e. The van der Waals surface area contributed by atoms with Crippen LogP contribution in [-0.4, -0.2) is 18.5 Å². The molecule has 0 aromatic heterocycles. The van der Waals surface area contributed by atoms with Gasteiger partial charge in [0.15, 0.2) is 5.78 Å². The molecule has 4 nitrogen and oxygen atoms in total. The molecular weight excluding hydrogens is 194 g/mol. The minimum Gasteiger partial charge on any atom is -0.446 e. The van der Waals surface area contributed by atoms with Crippen LogP contribution in [0.25, 0.3) is 0 Å². The molecule has 0 aliphatic rings. The average Bonchev–Trinajstić information content (AvgIpc) is 2.28. The van der Waals surface area contributed by atoms with Crippen molar-refractivity contribution in [3.8, 4) is 0 Å². The monoisotopic (exact) mass is 205 g/mol. The van der Waals surface area contributed by atoms with Crippen LogP contribution in [-0.2, 0) is 4.74 Å². The molecule has 1 aromatic rings. The smallest absolute Gasteiger partial charge is 0.339 e. The fourth-order valence-electron chi connectivity index (χ4n) is 1.05. The Kier molecular flexibility index (Phi) is 3.76. The first kappa shape index (κ1) is 11.1. The van der Waals surface area contributed by atoms with E-state index in [-0.39, 0.29) is 12.5 Å². The standard InChI is InChI=1S/C11H11NO3/c1-2-10(13)8-3-5-9(6-4-8)11(14)15-7-12/h2-6H,1,7,12H2. The summed E-state index contributed by atoms with van der Waals surface area (Å²) in [5.74, 6) is -0.691. The van der Waals surface area contributed by atoms with E-state index in [2.05, 4.69) is 11.3 Å². The van der Waals surface area contributed by atoms with Gasteiger partial charge in [-0.2, -0.15) is 0 Å². The molecule has 0 saturated carbocycles. The number of hydrogen-bond acceptors (Lipinski definition) is 4. The summed E-state index contributed by atoms with van der Waals surface area (Å²) in [7, 11) is 0. The van der Waals surface area contributed by atoms with Crippen molar-refractivity contribution < 1.29 is 14.3 Å². The van der Waals surface area contributed by atoms with Gasteiger partial charge >= 0.3 is 5.97 Å². The Morgan fingerprint density at radius 3 is 2.27 bits per heavy atom. The van der Waals surface area contributed by atoms with Crippen LogP contribution in [0.3, 0.4) is 0 Å². The first-order chi connectivity index (χ1) is 7.19. The van der Waals surface area contributed by atoms with Gasteiger partial charge < -0.3 is 4.74 Å². The summed E-state index contributed by atoms with van der Waals surface area (Å²) in [6.45, 7) is 3.21. The first-order valence-electron chi connectivity index (χ1n) is 4.33. The molecule has 0 aliphatic heterocycles. The molecule has 78 valence electrons. The molecule has 0 saturated heterocycles. The van der Waals surface area contributed by atoms with E-state index in [1.165, 1.54) is 30.3 Å². The molecule has 15 heavy (non-hydrogen) atoms. The third-order valence-electron chi connectivity index (χ3n) is 1.80. The molecule has 2 N–H and O–H groups in total. The summed E-state index contributed by atoms with van der Waals surface area (Å²) in [5.41, 5.74) is 5.90. The van der Waals surface area contributed by atoms with Crippen molar-refractivity contribution in [1.29, 1.82) is 0 Å². The Morgan fingerprint density at radius 1 is 1.27 bits per heavy atom. The molecule has 1 aromatic carbocycles. The minimum absolute atomic E-state index is 0.161. The summed E-state index contributed by atoms with van der Waals surface area (Å²) in [6, 6.07) is 6.09. The zero-order chi connectivity index (χ0) is 11.3. The summed E-state index contributed by atoms with van der Waals surface area (Å²) in [4.78, 5) is 22.4. The van der Waals surface area contributed by atoms with Gasteiger partial charge in [-0.3, -0.25) is 10.5 Å². The zero-order valence-electron chi connectivity index (χ0n) is 8.10. The van der Waals surface area contributed by atoms with Crippen LogP contribution >= 0.6 is 0 Å². The summed E-state index contributed by atoms with van der Waals surface area (Å²) >= 11 is 0. The third kappa shape index (κ3) is 2.75. The number of hydrogen-bond donors (Lipinski definition) is 1. The SMILES string of the molecule is C=CC(=O)c1ccc(C(=O)OCN)cc1. The topological polar surface area (TPSA) is 69.4 Å². The lowest BCUT2D eigenvalue weighted by Crippen LogP contribution is -2.12. The number of nitrogens with two attached hydrogens (primary N) is 1. The lowest BCUT2D eigenvalue weighted by Gasteiger charge is -2.01. The number of carbonyl (C=O) groups excluding carboxylic acids is 2. The highest BCUT2D eigenvalue weighted by Crippen LogP contribution is 2.06. The molecule has 0 heterocycles. The lowest BCUT2D eigenvalue weighted by molar-refractivity contribution is 0.0515. The van der Waals surface area contributed by atoms with E-state index in [9.17, 15) is 9.59 Å². The van der Waals surface area contributed by atoms with E-state index in [1.807, 2.05) is 0 Å². The van der Waals surface area contributed by atoms with Gasteiger partial charge in [0.25, 0.3) is 0 Å². The van der Waals surface area contributed by atoms with Crippen LogP contribution in [0, 0.1) is 0 Å². The van der Waals surface area contributed by atoms with Crippen molar-refractivity contribution in [2.24, 2.45) is 5.73 Å². The van der Waals surface area contributed by atoms with E-state index in [4.69, 9.17) is 5.73 Å². The Labute approximate surface area is 87.3 Å². The molecule has 0 unspecified atom stereocenters. The predicted molar refractivity (Wildman–Crippen MR) is 55.4 cm³/mol. The molecule has 0 atom stereocenters. The van der Waals surface area contributed by atoms with Crippen LogP contribution in [0.1, 0.15) is 20.7 Å². The molecular formula is C11H11NO3. The minimum atomic E-state index is -0.505. The van der Waals surface area contributed by atoms with Gasteiger partial charge in [-0.15, -0.1) is 0 Å². The van der Waals surface area contributed by atoms with Gasteiger partial charge in [0.1, 0.15) is 6.73 Å². The summed E-state index contributed by atoms with van der Waals surface area (Å²) in [5, 5.41) is 0. The van der Waals surface area contributed by atoms with E-state index < -0.39 is 5.97 Å². The molecule has 0 spiro atoms. The van der Waals surface area contributed by atoms with Crippen LogP contribution in [0.5, 0.6) is 0 Å². The molecule has 0 radical (unpaired) electrons. The predicted octanol–water partition coefficient (Wildman–Crippen LogP) is 1.13. The second-order valence-corrected chi connectivity index (χ2v) is 2.74. The summed E-state index contributed by atoms with van der Waals surface area (Å²) in [6.07, 6.45) is 1.22. The Balaban J connectivity index is 2.85. The number of allylic oxidation sites excluding steroid dienone is 1. The van der Waals surface area contributed by atoms with Gasteiger partial charge in [0.05, 0.1) is 5.56 Å². The Hall–Kier alpha value is -1.94. The number of ketones is 1. The average molecular weight is 205 g/mol. The second kappa shape index (κ2) is 5.07. The second-order valence-electron chi connectivity index (χ2n) is 2.74. The highest BCUT2D eigenvalue weighted by molar-refractivity contribution is 6.04. The van der Waals surface area contributed by atoms with Crippen LogP contribution in [0.2, 0.25) is 0 Å². The van der Waals surface area contributed by atoms with Gasteiger partial charge in [0.2, 0.25) is 0 Å². The number of carbonyl (C=O) groups is 2. The van der Waals surface area contributed by atoms with E-state index in [0.29, 0.717) is 11.1 Å². The van der Waals surface area contributed by atoms with E-state index in [1.54, 1.807) is 0 Å². The van der Waals surface area contributed by atoms with Crippen molar-refractivity contribution in [2.75, 3.05) is 6.73 Å². The third-order valence-corrected chi connectivity index (χ3v) is 1.80. The molecule has 4 heteroatoms. The van der Waals surface area contributed by atoms with Crippen LogP contribution in [0.15, 0.2) is 36.9 Å². The summed E-state index contributed by atoms with van der Waals surface area (Å²) < 4.78 is 4.59. The van der Waals surface area contributed by atoms with Gasteiger partial charge in [-0.05, 0) is 18.2 Å². The van der Waals surface area contributed by atoms with Crippen molar-refractivity contribution in [3.05, 3.63) is 48.0 Å². The van der Waals surface area contributed by atoms with Crippen LogP contribution < -0.4 is 5.73 Å². The van der Waals surface area contributed by atoms with Gasteiger partial charge in [-0.25, -0.2) is 4.79 Å². The van der Waals surface area contributed by atoms with Crippen molar-refractivity contribution in [1.82, 2.24) is 0 Å². The first-order valence-corrected chi connectivity index (χ1v) is 4.33. The quantitative estimate of drug-likeness (QED) is 0.346. The largest absolute Gasteiger partial charge is 0.446 e. The van der Waals surface area contributed by atoms with Crippen LogP contribution in [0.4, 0.5) is 0 Å². The number of benzene rings is 1. The molecule has 0 amide bonds. The highest BCUT2D eigenvalue weighted by Gasteiger charge is 2.07. The van der Waals surface area contributed by atoms with Gasteiger partial charge in [0, 0.05) is 5.56 Å². The normalized spacial score (nSPS) is 9.40. The van der Waals surface area contributed by atoms with Crippen molar-refractivity contribution in [3.63, 3.8) is 0 Å². The molecule has 0 aliphatic carbocycles. The molecule has 0 bridgehead atoms. The van der Waals surface area contributed by atoms with Gasteiger partial charge in [-0.1, -0.05) is 18.7 Å². The van der Waals surface area contributed by atoms with Crippen molar-refractivity contribution >= 4 is 11.8 Å².